The van der Waals surface area contributed by atoms with Gasteiger partial charge in [-0.2, -0.15) is 0 Å². The molecule has 0 aromatic carbocycles. The van der Waals surface area contributed by atoms with Crippen molar-refractivity contribution < 1.29 is 20.8 Å². The lowest BCUT2D eigenvalue weighted by Crippen LogP contribution is -2.21. The molecule has 1 amide bonds. The number of ether oxygens (including phenoxy) is 1. The van der Waals surface area contributed by atoms with Gasteiger partial charge in [0.2, 0.25) is 5.91 Å². The van der Waals surface area contributed by atoms with Gasteiger partial charge in [0, 0.05) is 28.5 Å². The number of halogens is 1. The fourth-order valence-electron chi connectivity index (χ4n) is 1.19. The minimum absolute atomic E-state index is 0. The van der Waals surface area contributed by atoms with Crippen molar-refractivity contribution in [1.29, 1.82) is 0 Å². The second kappa shape index (κ2) is 19.0. The lowest BCUT2D eigenvalue weighted by molar-refractivity contribution is -0.145. The van der Waals surface area contributed by atoms with Crippen LogP contribution in [0.1, 0.15) is 29.1 Å². The van der Waals surface area contributed by atoms with E-state index in [1.807, 2.05) is 36.4 Å². The fraction of sp³-hybridized carbons (Fsp3) is 0.833. The van der Waals surface area contributed by atoms with Crippen molar-refractivity contribution in [3.05, 3.63) is 0 Å². The molecule has 1 saturated heterocycles. The molecule has 6 heteroatoms. The highest BCUT2D eigenvalue weighted by atomic mass is 127. The molecular formula is C12H28INO4. The van der Waals surface area contributed by atoms with E-state index >= 15 is 0 Å². The number of alkyl halides is 1. The number of hydrogen-bond donors (Lipinski definition) is 1. The first kappa shape index (κ1) is 22.8. The number of esters is 1. The third-order valence-corrected chi connectivity index (χ3v) is 1.88. The molecule has 0 bridgehead atoms. The van der Waals surface area contributed by atoms with Crippen LogP contribution in [0.3, 0.4) is 0 Å². The van der Waals surface area contributed by atoms with Crippen LogP contribution in [0, 0.1) is 5.92 Å². The number of aliphatic hydroxyl groups is 1. The Morgan fingerprint density at radius 1 is 1.56 bits per heavy atom. The third-order valence-electron chi connectivity index (χ3n) is 1.88. The molecule has 112 valence electrons. The molecule has 1 atom stereocenters. The molecule has 0 radical (unpaired) electrons. The van der Waals surface area contributed by atoms with Crippen molar-refractivity contribution in [1.82, 2.24) is 4.90 Å². The Labute approximate surface area is 126 Å². The third kappa shape index (κ3) is 10.8. The van der Waals surface area contributed by atoms with Crippen molar-refractivity contribution in [2.24, 2.45) is 5.92 Å². The van der Waals surface area contributed by atoms with E-state index in [-0.39, 0.29) is 25.2 Å². The molecule has 1 fully saturated rings. The van der Waals surface area contributed by atoms with Crippen molar-refractivity contribution in [3.63, 3.8) is 0 Å². The molecule has 1 N–H and O–H groups in total. The van der Waals surface area contributed by atoms with Crippen molar-refractivity contribution >= 4 is 34.5 Å². The van der Waals surface area contributed by atoms with Crippen LogP contribution >= 0.6 is 22.6 Å². The second-order valence-electron chi connectivity index (χ2n) is 2.70. The molecule has 0 spiro atoms. The van der Waals surface area contributed by atoms with Crippen LogP contribution in [0.25, 0.3) is 0 Å². The van der Waals surface area contributed by atoms with E-state index in [1.54, 1.807) is 11.9 Å². The molecule has 18 heavy (non-hydrogen) atoms. The van der Waals surface area contributed by atoms with Gasteiger partial charge >= 0.3 is 5.97 Å². The van der Waals surface area contributed by atoms with Gasteiger partial charge in [-0.3, -0.25) is 9.59 Å². The topological polar surface area (TPSA) is 66.8 Å². The average Bonchev–Trinajstić information content (AvgIpc) is 2.74. The van der Waals surface area contributed by atoms with Crippen LogP contribution in [0.15, 0.2) is 0 Å². The molecular weight excluding hydrogens is 349 g/mol. The maximum absolute atomic E-state index is 10.9. The monoisotopic (exact) mass is 378 g/mol. The van der Waals surface area contributed by atoms with Gasteiger partial charge in [-0.25, -0.2) is 0 Å². The van der Waals surface area contributed by atoms with E-state index in [0.717, 1.165) is 7.11 Å². The Morgan fingerprint density at radius 3 is 2.17 bits per heavy atom. The summed E-state index contributed by atoms with van der Waals surface area (Å²) in [6, 6.07) is 0. The lowest BCUT2D eigenvalue weighted by atomic mass is 10.1. The Bertz CT molecular complexity index is 218. The maximum Gasteiger partial charge on any atom is 0.310 e. The highest BCUT2D eigenvalue weighted by Gasteiger charge is 2.32. The summed E-state index contributed by atoms with van der Waals surface area (Å²) in [6.45, 7) is 4.49. The summed E-state index contributed by atoms with van der Waals surface area (Å²) >= 11 is 1.96. The first-order valence-electron chi connectivity index (χ1n) is 5.89. The molecule has 1 aliphatic rings. The first-order valence-corrected chi connectivity index (χ1v) is 6.71. The Hall–Kier alpha value is -0.370. The summed E-state index contributed by atoms with van der Waals surface area (Å²) in [5, 5.41) is 7.00. The van der Waals surface area contributed by atoms with Gasteiger partial charge in [0.1, 0.15) is 0 Å². The van der Waals surface area contributed by atoms with Gasteiger partial charge in [0.25, 0.3) is 0 Å². The summed E-state index contributed by atoms with van der Waals surface area (Å²) in [5.41, 5.74) is 0. The van der Waals surface area contributed by atoms with Crippen molar-refractivity contribution in [2.45, 2.75) is 27.7 Å². The smallest absolute Gasteiger partial charge is 0.310 e. The number of carbonyl (C=O) groups is 2. The van der Waals surface area contributed by atoms with E-state index in [1.165, 1.54) is 7.11 Å². The molecule has 1 unspecified atom stereocenters. The molecule has 1 aliphatic heterocycles. The highest BCUT2D eigenvalue weighted by molar-refractivity contribution is 14.1. The molecule has 1 heterocycles. The van der Waals surface area contributed by atoms with Gasteiger partial charge in [-0.05, 0) is 4.91 Å². The average molecular weight is 378 g/mol. The zero-order chi connectivity index (χ0) is 15.1. The first-order chi connectivity index (χ1) is 8.56. The van der Waals surface area contributed by atoms with Gasteiger partial charge in [0.15, 0.2) is 0 Å². The van der Waals surface area contributed by atoms with Crippen LogP contribution < -0.4 is 0 Å². The normalized spacial score (nSPS) is 16.4. The summed E-state index contributed by atoms with van der Waals surface area (Å²) in [6.07, 6.45) is 0.295. The molecule has 0 aromatic heterocycles. The minimum atomic E-state index is -0.289. The number of amides is 1. The van der Waals surface area contributed by atoms with Crippen LogP contribution in [-0.4, -0.2) is 54.6 Å². The summed E-state index contributed by atoms with van der Waals surface area (Å²) in [5.74, 6) is -0.527. The fourth-order valence-corrected chi connectivity index (χ4v) is 1.19. The van der Waals surface area contributed by atoms with E-state index in [2.05, 4.69) is 4.74 Å². The number of methoxy groups -OCH3 is 1. The Balaban J connectivity index is -0.000000121. The van der Waals surface area contributed by atoms with Gasteiger partial charge in [-0.15, -0.1) is 0 Å². The quantitative estimate of drug-likeness (QED) is 0.430. The van der Waals surface area contributed by atoms with Crippen molar-refractivity contribution in [2.75, 3.05) is 32.7 Å². The number of likely N-dealkylation sites (tertiary alicyclic amines) is 1. The van der Waals surface area contributed by atoms with Gasteiger partial charge < -0.3 is 14.7 Å². The highest BCUT2D eigenvalue weighted by Crippen LogP contribution is 2.16. The van der Waals surface area contributed by atoms with Crippen LogP contribution in [-0.2, 0) is 14.3 Å². The van der Waals surface area contributed by atoms with E-state index < -0.39 is 0 Å². The van der Waals surface area contributed by atoms with Gasteiger partial charge in [0.05, 0.1) is 13.0 Å². The number of carbonyl (C=O) groups excluding carboxylic acids is 2. The number of aliphatic hydroxyl groups excluding tert-OH is 1. The predicted octanol–water partition coefficient (Wildman–Crippen LogP) is 1.96. The van der Waals surface area contributed by atoms with Gasteiger partial charge in [-0.1, -0.05) is 43.9 Å². The van der Waals surface area contributed by atoms with Crippen molar-refractivity contribution in [3.8, 4) is 0 Å². The minimum Gasteiger partial charge on any atom is -0.469 e. The number of rotatable bonds is 1. The van der Waals surface area contributed by atoms with Crippen LogP contribution in [0.2, 0.25) is 0 Å². The zero-order valence-electron chi connectivity index (χ0n) is 12.2. The zero-order valence-corrected chi connectivity index (χ0v) is 13.4. The van der Waals surface area contributed by atoms with E-state index in [4.69, 9.17) is 6.48 Å². The summed E-state index contributed by atoms with van der Waals surface area (Å²) in [7, 11) is 4.02. The SMILES string of the molecule is C.CC.CO.COC(=O)C1CC(=O)N(C)C1.[2H]CI. The van der Waals surface area contributed by atoms with E-state index in [9.17, 15) is 9.59 Å². The largest absolute Gasteiger partial charge is 0.469 e. The second-order valence-corrected chi connectivity index (χ2v) is 2.70. The molecule has 1 rings (SSSR count). The van der Waals surface area contributed by atoms with Crippen LogP contribution in [0.4, 0.5) is 0 Å². The molecule has 0 aliphatic carbocycles. The Morgan fingerprint density at radius 2 is 1.94 bits per heavy atom. The molecule has 5 nitrogen and oxygen atoms in total. The Kier molecular flexibility index (Phi) is 24.0. The molecule has 0 saturated carbocycles. The molecule has 0 aromatic rings. The lowest BCUT2D eigenvalue weighted by Gasteiger charge is -2.07. The van der Waals surface area contributed by atoms with E-state index in [0.29, 0.717) is 17.9 Å². The number of hydrogen-bond acceptors (Lipinski definition) is 4. The van der Waals surface area contributed by atoms with Crippen LogP contribution in [0.5, 0.6) is 0 Å². The summed E-state index contributed by atoms with van der Waals surface area (Å²) in [4.78, 5) is 23.8. The number of nitrogens with zero attached hydrogens (tertiary/aromatic N) is 1. The predicted molar refractivity (Wildman–Crippen MR) is 83.9 cm³/mol. The standard InChI is InChI=1S/C7H11NO3.C2H6.CH3I.CH4O.CH4/c1-8-4-5(3-6(8)9)7(10)11-2;3*1-2;/h5H,3-4H2,1-2H3;1-2H3;1H3;2H,1H3;1H4/i;;1D;;. The maximum atomic E-state index is 10.9. The summed E-state index contributed by atoms with van der Waals surface area (Å²) < 4.78 is 10.7.